The highest BCUT2D eigenvalue weighted by molar-refractivity contribution is 5.09. The van der Waals surface area contributed by atoms with Crippen LogP contribution in [-0.2, 0) is 0 Å². The van der Waals surface area contributed by atoms with Crippen LogP contribution in [0.3, 0.4) is 0 Å². The minimum atomic E-state index is -0.139. The third-order valence-electron chi connectivity index (χ3n) is 10.7. The van der Waals surface area contributed by atoms with Gasteiger partial charge in [0.25, 0.3) is 0 Å². The van der Waals surface area contributed by atoms with Crippen LogP contribution >= 0.6 is 0 Å². The van der Waals surface area contributed by atoms with Gasteiger partial charge in [-0.3, -0.25) is 0 Å². The highest BCUT2D eigenvalue weighted by Crippen LogP contribution is 2.68. The minimum Gasteiger partial charge on any atom is -0.393 e. The van der Waals surface area contributed by atoms with Crippen LogP contribution in [0.5, 0.6) is 0 Å². The lowest BCUT2D eigenvalue weighted by Gasteiger charge is -2.61. The molecular formula is C26H46O2. The highest BCUT2D eigenvalue weighted by Gasteiger charge is 2.60. The number of hydrogen-bond acceptors (Lipinski definition) is 2. The Morgan fingerprint density at radius 1 is 0.857 bits per heavy atom. The monoisotopic (exact) mass is 390 g/mol. The van der Waals surface area contributed by atoms with Crippen LogP contribution < -0.4 is 0 Å². The van der Waals surface area contributed by atoms with Crippen molar-refractivity contribution < 1.29 is 10.2 Å². The predicted molar refractivity (Wildman–Crippen MR) is 116 cm³/mol. The van der Waals surface area contributed by atoms with Crippen molar-refractivity contribution in [3.05, 3.63) is 0 Å². The van der Waals surface area contributed by atoms with Crippen molar-refractivity contribution in [2.75, 3.05) is 0 Å². The molecule has 4 aliphatic carbocycles. The summed E-state index contributed by atoms with van der Waals surface area (Å²) in [5.41, 5.74) is 1.06. The third-order valence-corrected chi connectivity index (χ3v) is 10.7. The Hall–Kier alpha value is -0.0800. The lowest BCUT2D eigenvalue weighted by Crippen LogP contribution is -2.54. The zero-order valence-electron chi connectivity index (χ0n) is 19.0. The first kappa shape index (κ1) is 21.2. The fourth-order valence-electron chi connectivity index (χ4n) is 9.15. The van der Waals surface area contributed by atoms with Crippen LogP contribution in [0.15, 0.2) is 0 Å². The van der Waals surface area contributed by atoms with Crippen LogP contribution in [0.1, 0.15) is 105 Å². The van der Waals surface area contributed by atoms with Crippen molar-refractivity contribution in [3.8, 4) is 0 Å². The Morgan fingerprint density at radius 3 is 2.32 bits per heavy atom. The number of aliphatic hydroxyl groups is 2. The predicted octanol–water partition coefficient (Wildman–Crippen LogP) is 6.19. The summed E-state index contributed by atoms with van der Waals surface area (Å²) in [7, 11) is 0. The first-order valence-corrected chi connectivity index (χ1v) is 12.6. The molecule has 4 fully saturated rings. The summed E-state index contributed by atoms with van der Waals surface area (Å²) >= 11 is 0. The summed E-state index contributed by atoms with van der Waals surface area (Å²) in [5, 5.41) is 19.9. The summed E-state index contributed by atoms with van der Waals surface area (Å²) in [6.07, 6.45) is 15.3. The summed E-state index contributed by atoms with van der Waals surface area (Å²) in [4.78, 5) is 0. The molecule has 28 heavy (non-hydrogen) atoms. The molecule has 10 atom stereocenters. The molecule has 4 rings (SSSR count). The van der Waals surface area contributed by atoms with E-state index in [2.05, 4.69) is 20.8 Å². The van der Waals surface area contributed by atoms with Gasteiger partial charge in [0.05, 0.1) is 12.2 Å². The molecule has 0 spiro atoms. The summed E-state index contributed by atoms with van der Waals surface area (Å²) in [6, 6.07) is 0. The summed E-state index contributed by atoms with van der Waals surface area (Å²) in [6.45, 7) is 9.71. The first-order valence-electron chi connectivity index (χ1n) is 12.6. The van der Waals surface area contributed by atoms with E-state index in [4.69, 9.17) is 0 Å². The molecule has 7 unspecified atom stereocenters. The Labute approximate surface area is 173 Å². The van der Waals surface area contributed by atoms with E-state index in [1.165, 1.54) is 57.8 Å². The van der Waals surface area contributed by atoms with E-state index >= 15 is 0 Å². The smallest absolute Gasteiger partial charge is 0.0543 e. The zero-order chi connectivity index (χ0) is 20.1. The van der Waals surface area contributed by atoms with Crippen LogP contribution in [0.2, 0.25) is 0 Å². The van der Waals surface area contributed by atoms with Crippen LogP contribution in [-0.4, -0.2) is 22.4 Å². The van der Waals surface area contributed by atoms with Crippen molar-refractivity contribution in [1.82, 2.24) is 0 Å². The maximum absolute atomic E-state index is 10.2. The van der Waals surface area contributed by atoms with E-state index in [1.54, 1.807) is 0 Å². The second kappa shape index (κ2) is 7.88. The number of aliphatic hydroxyl groups excluding tert-OH is 2. The van der Waals surface area contributed by atoms with Crippen molar-refractivity contribution >= 4 is 0 Å². The maximum atomic E-state index is 10.2. The van der Waals surface area contributed by atoms with Gasteiger partial charge >= 0.3 is 0 Å². The van der Waals surface area contributed by atoms with Crippen molar-refractivity contribution in [1.29, 1.82) is 0 Å². The van der Waals surface area contributed by atoms with Crippen LogP contribution in [0, 0.1) is 46.3 Å². The summed E-state index contributed by atoms with van der Waals surface area (Å²) in [5.74, 6) is 5.29. The Balaban J connectivity index is 1.46. The van der Waals surface area contributed by atoms with E-state index in [0.29, 0.717) is 10.8 Å². The van der Waals surface area contributed by atoms with Crippen LogP contribution in [0.25, 0.3) is 0 Å². The third kappa shape index (κ3) is 3.49. The molecule has 0 bridgehead atoms. The zero-order valence-corrected chi connectivity index (χ0v) is 19.0. The molecule has 2 nitrogen and oxygen atoms in total. The molecule has 0 amide bonds. The number of hydrogen-bond donors (Lipinski definition) is 2. The number of fused-ring (bicyclic) bond motifs is 5. The molecule has 4 aliphatic rings. The van der Waals surface area contributed by atoms with E-state index in [-0.39, 0.29) is 12.2 Å². The largest absolute Gasteiger partial charge is 0.393 e. The van der Waals surface area contributed by atoms with E-state index in [0.717, 1.165) is 54.8 Å². The summed E-state index contributed by atoms with van der Waals surface area (Å²) < 4.78 is 0. The molecule has 4 saturated carbocycles. The van der Waals surface area contributed by atoms with Gasteiger partial charge in [0, 0.05) is 0 Å². The molecule has 0 aromatic carbocycles. The normalized spacial score (nSPS) is 50.4. The molecule has 0 aromatic heterocycles. The van der Waals surface area contributed by atoms with Crippen LogP contribution in [0.4, 0.5) is 0 Å². The van der Waals surface area contributed by atoms with Gasteiger partial charge in [-0.05, 0) is 117 Å². The lowest BCUT2D eigenvalue weighted by molar-refractivity contribution is -0.129. The van der Waals surface area contributed by atoms with E-state index in [1.807, 2.05) is 6.92 Å². The van der Waals surface area contributed by atoms with Gasteiger partial charge in [-0.1, -0.05) is 33.6 Å². The van der Waals surface area contributed by atoms with Crippen molar-refractivity contribution in [2.45, 2.75) is 117 Å². The maximum Gasteiger partial charge on any atom is 0.0543 e. The first-order chi connectivity index (χ1) is 13.3. The van der Waals surface area contributed by atoms with E-state index in [9.17, 15) is 10.2 Å². The topological polar surface area (TPSA) is 40.5 Å². The Morgan fingerprint density at radius 2 is 1.57 bits per heavy atom. The molecule has 0 radical (unpaired) electrons. The van der Waals surface area contributed by atoms with Gasteiger partial charge in [-0.2, -0.15) is 0 Å². The number of rotatable bonds is 5. The van der Waals surface area contributed by atoms with E-state index < -0.39 is 0 Å². The fraction of sp³-hybridized carbons (Fsp3) is 1.00. The molecule has 0 saturated heterocycles. The standard InChI is InChI=1S/C26H46O2/c1-17(6-5-7-18(2)27)22-10-11-23-21-9-8-19-16-20(28)12-14-25(19,3)24(21)13-15-26(22,23)4/h17-24,27-28H,5-16H2,1-4H3/t17-,18?,19?,20+,21?,22?,23?,24?,25?,26-/m1/s1. The van der Waals surface area contributed by atoms with Gasteiger partial charge in [0.2, 0.25) is 0 Å². The molecule has 2 heteroatoms. The van der Waals surface area contributed by atoms with Gasteiger partial charge < -0.3 is 10.2 Å². The molecular weight excluding hydrogens is 344 g/mol. The van der Waals surface area contributed by atoms with Gasteiger partial charge in [0.1, 0.15) is 0 Å². The van der Waals surface area contributed by atoms with Gasteiger partial charge in [0.15, 0.2) is 0 Å². The van der Waals surface area contributed by atoms with Gasteiger partial charge in [-0.25, -0.2) is 0 Å². The molecule has 2 N–H and O–H groups in total. The second-order valence-electron chi connectivity index (χ2n) is 12.1. The average molecular weight is 391 g/mol. The lowest BCUT2D eigenvalue weighted by atomic mass is 9.44. The fourth-order valence-corrected chi connectivity index (χ4v) is 9.15. The highest BCUT2D eigenvalue weighted by atomic mass is 16.3. The van der Waals surface area contributed by atoms with Crippen molar-refractivity contribution in [3.63, 3.8) is 0 Å². The Bertz CT molecular complexity index is 545. The van der Waals surface area contributed by atoms with Gasteiger partial charge in [-0.15, -0.1) is 0 Å². The quantitative estimate of drug-likeness (QED) is 0.587. The molecule has 0 aliphatic heterocycles. The average Bonchev–Trinajstić information content (AvgIpc) is 2.99. The minimum absolute atomic E-state index is 0.0261. The molecule has 0 aromatic rings. The van der Waals surface area contributed by atoms with Crippen molar-refractivity contribution in [2.24, 2.45) is 46.3 Å². The Kier molecular flexibility index (Phi) is 5.95. The molecule has 0 heterocycles. The molecule has 162 valence electrons. The second-order valence-corrected chi connectivity index (χ2v) is 12.1. The SMILES string of the molecule is CC(O)CCC[C@@H](C)C1CCC2C3CCC4C[C@@H](O)CCC4(C)C3CC[C@@]21C.